The SMILES string of the molecule is Cc1ccc(Br)cc1S(=O)(=O)Nc1c(F)cc(F)cc1Cl. The topological polar surface area (TPSA) is 46.2 Å². The third-order valence-electron chi connectivity index (χ3n) is 2.68. The summed E-state index contributed by atoms with van der Waals surface area (Å²) in [4.78, 5) is -0.0309. The van der Waals surface area contributed by atoms with Crippen molar-refractivity contribution in [2.75, 3.05) is 4.72 Å². The van der Waals surface area contributed by atoms with Gasteiger partial charge >= 0.3 is 0 Å². The zero-order chi connectivity index (χ0) is 15.8. The number of sulfonamides is 1. The zero-order valence-corrected chi connectivity index (χ0v) is 13.8. The van der Waals surface area contributed by atoms with Crippen LogP contribution in [0, 0.1) is 18.6 Å². The van der Waals surface area contributed by atoms with Crippen LogP contribution in [0.1, 0.15) is 5.56 Å². The lowest BCUT2D eigenvalue weighted by Crippen LogP contribution is -2.15. The summed E-state index contributed by atoms with van der Waals surface area (Å²) in [6.45, 7) is 1.60. The summed E-state index contributed by atoms with van der Waals surface area (Å²) in [6.07, 6.45) is 0. The molecule has 0 spiro atoms. The number of rotatable bonds is 3. The van der Waals surface area contributed by atoms with E-state index in [0.29, 0.717) is 16.1 Å². The van der Waals surface area contributed by atoms with Gasteiger partial charge in [0.25, 0.3) is 10.0 Å². The Morgan fingerprint density at radius 2 is 1.86 bits per heavy atom. The quantitative estimate of drug-likeness (QED) is 0.831. The number of nitrogens with one attached hydrogen (secondary N) is 1. The summed E-state index contributed by atoms with van der Waals surface area (Å²) in [7, 11) is -4.05. The fraction of sp³-hybridized carbons (Fsp3) is 0.0769. The molecule has 8 heteroatoms. The molecule has 0 aliphatic heterocycles. The van der Waals surface area contributed by atoms with Crippen LogP contribution in [-0.2, 0) is 10.0 Å². The highest BCUT2D eigenvalue weighted by Gasteiger charge is 2.21. The van der Waals surface area contributed by atoms with Crippen LogP contribution in [0.5, 0.6) is 0 Å². The normalized spacial score (nSPS) is 11.5. The van der Waals surface area contributed by atoms with Crippen molar-refractivity contribution in [1.29, 1.82) is 0 Å². The van der Waals surface area contributed by atoms with Gasteiger partial charge in [-0.1, -0.05) is 33.6 Å². The Morgan fingerprint density at radius 1 is 1.19 bits per heavy atom. The molecule has 2 aromatic carbocycles. The molecule has 0 fully saturated rings. The van der Waals surface area contributed by atoms with Gasteiger partial charge in [-0.25, -0.2) is 17.2 Å². The minimum Gasteiger partial charge on any atom is -0.275 e. The first kappa shape index (κ1) is 16.2. The molecule has 0 heterocycles. The third kappa shape index (κ3) is 3.53. The number of halogens is 4. The van der Waals surface area contributed by atoms with Crippen molar-refractivity contribution in [3.8, 4) is 0 Å². The lowest BCUT2D eigenvalue weighted by molar-refractivity contribution is 0.582. The van der Waals surface area contributed by atoms with Crippen LogP contribution in [0.25, 0.3) is 0 Å². The van der Waals surface area contributed by atoms with Crippen molar-refractivity contribution in [1.82, 2.24) is 0 Å². The molecule has 0 aliphatic rings. The lowest BCUT2D eigenvalue weighted by Gasteiger charge is -2.12. The standard InChI is InChI=1S/C13H9BrClF2NO2S/c1-7-2-3-8(14)4-12(7)21(19,20)18-13-10(15)5-9(16)6-11(13)17/h2-6,18H,1H3. The first-order valence-electron chi connectivity index (χ1n) is 5.64. The molecule has 2 rings (SSSR count). The van der Waals surface area contributed by atoms with Crippen molar-refractivity contribution < 1.29 is 17.2 Å². The summed E-state index contributed by atoms with van der Waals surface area (Å²) in [5, 5.41) is -0.358. The van der Waals surface area contributed by atoms with E-state index in [-0.39, 0.29) is 9.92 Å². The summed E-state index contributed by atoms with van der Waals surface area (Å²) in [5.41, 5.74) is -0.0122. The van der Waals surface area contributed by atoms with Crippen molar-refractivity contribution in [2.24, 2.45) is 0 Å². The van der Waals surface area contributed by atoms with Crippen LogP contribution in [0.2, 0.25) is 5.02 Å². The summed E-state index contributed by atoms with van der Waals surface area (Å²) in [5.74, 6) is -1.98. The Hall–Kier alpha value is -1.18. The van der Waals surface area contributed by atoms with Crippen LogP contribution in [0.15, 0.2) is 39.7 Å². The molecule has 0 aromatic heterocycles. The fourth-order valence-electron chi connectivity index (χ4n) is 1.69. The maximum atomic E-state index is 13.7. The predicted octanol–water partition coefficient (Wildman–Crippen LogP) is 4.49. The molecule has 0 aliphatic carbocycles. The second kappa shape index (κ2) is 5.90. The van der Waals surface area contributed by atoms with Crippen LogP contribution in [-0.4, -0.2) is 8.42 Å². The maximum Gasteiger partial charge on any atom is 0.262 e. The van der Waals surface area contributed by atoms with Gasteiger partial charge in [0.05, 0.1) is 9.92 Å². The zero-order valence-electron chi connectivity index (χ0n) is 10.6. The van der Waals surface area contributed by atoms with E-state index in [1.807, 2.05) is 4.72 Å². The van der Waals surface area contributed by atoms with E-state index in [2.05, 4.69) is 15.9 Å². The second-order valence-electron chi connectivity index (χ2n) is 4.26. The van der Waals surface area contributed by atoms with Crippen molar-refractivity contribution in [2.45, 2.75) is 11.8 Å². The molecule has 1 N–H and O–H groups in total. The first-order chi connectivity index (χ1) is 9.70. The van der Waals surface area contributed by atoms with Gasteiger partial charge in [0.2, 0.25) is 0 Å². The molecule has 21 heavy (non-hydrogen) atoms. The molecule has 0 saturated carbocycles. The average molecular weight is 397 g/mol. The molecule has 0 amide bonds. The van der Waals surface area contributed by atoms with Crippen LogP contribution < -0.4 is 4.72 Å². The summed E-state index contributed by atoms with van der Waals surface area (Å²) in [6, 6.07) is 6.04. The van der Waals surface area contributed by atoms with Gasteiger partial charge in [0.15, 0.2) is 5.82 Å². The second-order valence-corrected chi connectivity index (χ2v) is 7.23. The summed E-state index contributed by atoms with van der Waals surface area (Å²) >= 11 is 8.85. The smallest absolute Gasteiger partial charge is 0.262 e. The predicted molar refractivity (Wildman–Crippen MR) is 81.1 cm³/mol. The number of benzene rings is 2. The average Bonchev–Trinajstić information content (AvgIpc) is 2.36. The lowest BCUT2D eigenvalue weighted by atomic mass is 10.2. The van der Waals surface area contributed by atoms with Gasteiger partial charge in [-0.05, 0) is 30.7 Å². The van der Waals surface area contributed by atoms with E-state index in [1.165, 1.54) is 6.07 Å². The van der Waals surface area contributed by atoms with Gasteiger partial charge in [-0.15, -0.1) is 0 Å². The monoisotopic (exact) mass is 395 g/mol. The molecule has 0 bridgehead atoms. The Balaban J connectivity index is 2.50. The molecule has 0 atom stereocenters. The Kier molecular flexibility index (Phi) is 4.55. The van der Waals surface area contributed by atoms with Crippen LogP contribution in [0.4, 0.5) is 14.5 Å². The maximum absolute atomic E-state index is 13.7. The highest BCUT2D eigenvalue weighted by atomic mass is 79.9. The number of aryl methyl sites for hydroxylation is 1. The highest BCUT2D eigenvalue weighted by molar-refractivity contribution is 9.10. The van der Waals surface area contributed by atoms with E-state index < -0.39 is 27.3 Å². The number of anilines is 1. The van der Waals surface area contributed by atoms with Crippen LogP contribution >= 0.6 is 27.5 Å². The van der Waals surface area contributed by atoms with Crippen molar-refractivity contribution >= 4 is 43.2 Å². The molecular weight excluding hydrogens is 388 g/mol. The van der Waals surface area contributed by atoms with Crippen molar-refractivity contribution in [3.05, 3.63) is 57.0 Å². The highest BCUT2D eigenvalue weighted by Crippen LogP contribution is 2.30. The van der Waals surface area contributed by atoms with E-state index in [0.717, 1.165) is 6.07 Å². The van der Waals surface area contributed by atoms with Gasteiger partial charge in [-0.2, -0.15) is 0 Å². The molecule has 112 valence electrons. The Labute approximate surface area is 134 Å². The largest absolute Gasteiger partial charge is 0.275 e. The van der Waals surface area contributed by atoms with Gasteiger partial charge < -0.3 is 0 Å². The van der Waals surface area contributed by atoms with Gasteiger partial charge in [-0.3, -0.25) is 4.72 Å². The molecule has 0 unspecified atom stereocenters. The van der Waals surface area contributed by atoms with Gasteiger partial charge in [0, 0.05) is 10.5 Å². The molecular formula is C13H9BrClF2NO2S. The summed E-state index contributed by atoms with van der Waals surface area (Å²) < 4.78 is 53.9. The number of hydrogen-bond donors (Lipinski definition) is 1. The van der Waals surface area contributed by atoms with Crippen molar-refractivity contribution in [3.63, 3.8) is 0 Å². The Bertz CT molecular complexity index is 789. The first-order valence-corrected chi connectivity index (χ1v) is 8.29. The Morgan fingerprint density at radius 3 is 2.48 bits per heavy atom. The number of hydrogen-bond acceptors (Lipinski definition) is 2. The molecule has 0 radical (unpaired) electrons. The van der Waals surface area contributed by atoms with E-state index in [1.54, 1.807) is 19.1 Å². The third-order valence-corrected chi connectivity index (χ3v) is 4.97. The van der Waals surface area contributed by atoms with Crippen LogP contribution in [0.3, 0.4) is 0 Å². The minimum atomic E-state index is -4.05. The van der Waals surface area contributed by atoms with Gasteiger partial charge in [0.1, 0.15) is 11.5 Å². The van der Waals surface area contributed by atoms with E-state index in [9.17, 15) is 17.2 Å². The molecule has 3 nitrogen and oxygen atoms in total. The van der Waals surface area contributed by atoms with E-state index >= 15 is 0 Å². The fourth-order valence-corrected chi connectivity index (χ4v) is 3.86. The molecule has 2 aromatic rings. The molecule has 0 saturated heterocycles. The minimum absolute atomic E-state index is 0.0309. The van der Waals surface area contributed by atoms with E-state index in [4.69, 9.17) is 11.6 Å².